The molecule has 0 saturated carbocycles. The van der Waals surface area contributed by atoms with E-state index in [0.29, 0.717) is 5.16 Å². The lowest BCUT2D eigenvalue weighted by atomic mass is 10.7. The minimum absolute atomic E-state index is 0.0214. The molecule has 2 heterocycles. The first kappa shape index (κ1) is 12.6. The number of aryl methyl sites for hydroxylation is 1. The van der Waals surface area contributed by atoms with Gasteiger partial charge in [-0.2, -0.15) is 5.10 Å². The lowest BCUT2D eigenvalue weighted by Gasteiger charge is -2.03. The van der Waals surface area contributed by atoms with Gasteiger partial charge in [0.05, 0.1) is 13.7 Å². The molecule has 0 radical (unpaired) electrons. The first-order valence-corrected chi connectivity index (χ1v) is 6.21. The van der Waals surface area contributed by atoms with Gasteiger partial charge >= 0.3 is 5.97 Å². The van der Waals surface area contributed by atoms with E-state index in [1.54, 1.807) is 6.20 Å². The minimum Gasteiger partial charge on any atom is -0.468 e. The molecule has 0 aliphatic heterocycles. The Balaban J connectivity index is 1.85. The van der Waals surface area contributed by atoms with E-state index in [-0.39, 0.29) is 12.5 Å². The number of ether oxygens (including phenoxy) is 1. The van der Waals surface area contributed by atoms with E-state index in [9.17, 15) is 4.79 Å². The Bertz CT molecular complexity index is 497. The first-order chi connectivity index (χ1) is 8.79. The van der Waals surface area contributed by atoms with Crippen molar-refractivity contribution >= 4 is 17.7 Å². The molecule has 18 heavy (non-hydrogen) atoms. The van der Waals surface area contributed by atoms with Crippen molar-refractivity contribution < 1.29 is 9.53 Å². The van der Waals surface area contributed by atoms with Crippen molar-refractivity contribution in [1.29, 1.82) is 0 Å². The second-order valence-electron chi connectivity index (χ2n) is 3.31. The number of hydrogen-bond donors (Lipinski definition) is 0. The summed E-state index contributed by atoms with van der Waals surface area (Å²) in [5, 5.41) is 15.8. The number of carbonyl (C=O) groups excluding carboxylic acids is 1. The Hall–Kier alpha value is -1.90. The Morgan fingerprint density at radius 1 is 1.56 bits per heavy atom. The summed E-state index contributed by atoms with van der Waals surface area (Å²) >= 11 is 1.46. The van der Waals surface area contributed by atoms with Crippen molar-refractivity contribution in [2.45, 2.75) is 18.2 Å². The van der Waals surface area contributed by atoms with Gasteiger partial charge in [-0.1, -0.05) is 11.8 Å². The van der Waals surface area contributed by atoms with Gasteiger partial charge in [0.15, 0.2) is 0 Å². The van der Waals surface area contributed by atoms with Crippen LogP contribution in [-0.2, 0) is 22.6 Å². The largest absolute Gasteiger partial charge is 0.468 e. The molecule has 2 aromatic heterocycles. The van der Waals surface area contributed by atoms with Crippen molar-refractivity contribution in [3.63, 3.8) is 0 Å². The van der Waals surface area contributed by atoms with Crippen molar-refractivity contribution in [3.8, 4) is 0 Å². The van der Waals surface area contributed by atoms with Crippen LogP contribution in [0.3, 0.4) is 0 Å². The van der Waals surface area contributed by atoms with Gasteiger partial charge in [0, 0.05) is 18.1 Å². The lowest BCUT2D eigenvalue weighted by Crippen LogP contribution is -2.14. The molecule has 8 nitrogen and oxygen atoms in total. The average molecular weight is 268 g/mol. The lowest BCUT2D eigenvalue weighted by molar-refractivity contribution is -0.141. The molecule has 0 bridgehead atoms. The summed E-state index contributed by atoms with van der Waals surface area (Å²) in [6, 6.07) is 1.87. The SMILES string of the molecule is COC(=O)Cn1nnnc1SCCn1cccn1. The fraction of sp³-hybridized carbons (Fsp3) is 0.444. The van der Waals surface area contributed by atoms with Gasteiger partial charge in [-0.3, -0.25) is 9.48 Å². The Morgan fingerprint density at radius 3 is 3.17 bits per heavy atom. The van der Waals surface area contributed by atoms with Crippen molar-refractivity contribution in [2.75, 3.05) is 12.9 Å². The van der Waals surface area contributed by atoms with Crippen LogP contribution in [0.25, 0.3) is 0 Å². The second kappa shape index (κ2) is 6.15. The predicted octanol–water partition coefficient (Wildman–Crippen LogP) is -0.165. The number of nitrogens with zero attached hydrogens (tertiary/aromatic N) is 6. The van der Waals surface area contributed by atoms with Gasteiger partial charge in [-0.05, 0) is 16.5 Å². The molecule has 0 aromatic carbocycles. The maximum atomic E-state index is 11.1. The summed E-state index contributed by atoms with van der Waals surface area (Å²) in [6.07, 6.45) is 3.62. The number of aromatic nitrogens is 6. The molecule has 0 N–H and O–H groups in total. The third-order valence-corrected chi connectivity index (χ3v) is 3.05. The van der Waals surface area contributed by atoms with Crippen LogP contribution < -0.4 is 0 Å². The normalized spacial score (nSPS) is 10.5. The molecule has 0 amide bonds. The summed E-state index contributed by atoms with van der Waals surface area (Å²) in [4.78, 5) is 11.1. The van der Waals surface area contributed by atoms with Crippen LogP contribution in [0, 0.1) is 0 Å². The molecular formula is C9H12N6O2S. The van der Waals surface area contributed by atoms with Crippen LogP contribution in [0.2, 0.25) is 0 Å². The first-order valence-electron chi connectivity index (χ1n) is 5.23. The highest BCUT2D eigenvalue weighted by Gasteiger charge is 2.10. The Kier molecular flexibility index (Phi) is 4.29. The summed E-state index contributed by atoms with van der Waals surface area (Å²) in [5.74, 6) is 0.389. The molecule has 0 fully saturated rings. The quantitative estimate of drug-likeness (QED) is 0.531. The van der Waals surface area contributed by atoms with Gasteiger partial charge in [0.2, 0.25) is 5.16 Å². The number of hydrogen-bond acceptors (Lipinski definition) is 7. The zero-order valence-corrected chi connectivity index (χ0v) is 10.6. The smallest absolute Gasteiger partial charge is 0.327 e. The van der Waals surface area contributed by atoms with E-state index >= 15 is 0 Å². The van der Waals surface area contributed by atoms with Crippen LogP contribution >= 0.6 is 11.8 Å². The van der Waals surface area contributed by atoms with Crippen LogP contribution in [0.15, 0.2) is 23.6 Å². The number of thioether (sulfide) groups is 1. The van der Waals surface area contributed by atoms with Gasteiger partial charge < -0.3 is 4.74 Å². The molecule has 0 spiro atoms. The molecule has 0 unspecified atom stereocenters. The number of rotatable bonds is 6. The molecule has 0 saturated heterocycles. The van der Waals surface area contributed by atoms with E-state index in [1.165, 1.54) is 23.6 Å². The van der Waals surface area contributed by atoms with Crippen molar-refractivity contribution in [2.24, 2.45) is 0 Å². The molecule has 96 valence electrons. The van der Waals surface area contributed by atoms with Crippen molar-refractivity contribution in [3.05, 3.63) is 18.5 Å². The van der Waals surface area contributed by atoms with Crippen LogP contribution in [0.5, 0.6) is 0 Å². The van der Waals surface area contributed by atoms with E-state index < -0.39 is 0 Å². The summed E-state index contributed by atoms with van der Waals surface area (Å²) in [6.45, 7) is 0.774. The zero-order valence-electron chi connectivity index (χ0n) is 9.76. The maximum absolute atomic E-state index is 11.1. The fourth-order valence-corrected chi connectivity index (χ4v) is 2.05. The topological polar surface area (TPSA) is 87.7 Å². The van der Waals surface area contributed by atoms with E-state index in [4.69, 9.17) is 0 Å². The summed E-state index contributed by atoms with van der Waals surface area (Å²) < 4.78 is 7.80. The van der Waals surface area contributed by atoms with Gasteiger partial charge in [0.1, 0.15) is 6.54 Å². The number of esters is 1. The Morgan fingerprint density at radius 2 is 2.44 bits per heavy atom. The standard InChI is InChI=1S/C9H12N6O2S/c1-17-8(16)7-15-9(11-12-13-15)18-6-5-14-4-2-3-10-14/h2-4H,5-7H2,1H3. The van der Waals surface area contributed by atoms with Gasteiger partial charge in [0.25, 0.3) is 0 Å². The number of methoxy groups -OCH3 is 1. The predicted molar refractivity (Wildman–Crippen MR) is 62.8 cm³/mol. The van der Waals surface area contributed by atoms with Crippen LogP contribution in [-0.4, -0.2) is 48.8 Å². The zero-order chi connectivity index (χ0) is 12.8. The third kappa shape index (κ3) is 3.29. The molecule has 2 rings (SSSR count). The third-order valence-electron chi connectivity index (χ3n) is 2.12. The highest BCUT2D eigenvalue weighted by atomic mass is 32.2. The molecular weight excluding hydrogens is 256 g/mol. The summed E-state index contributed by atoms with van der Waals surface area (Å²) in [5.41, 5.74) is 0. The summed E-state index contributed by atoms with van der Waals surface area (Å²) in [7, 11) is 1.33. The molecule has 0 atom stereocenters. The fourth-order valence-electron chi connectivity index (χ4n) is 1.25. The number of carbonyl (C=O) groups is 1. The molecule has 2 aromatic rings. The van der Waals surface area contributed by atoms with E-state index in [0.717, 1.165) is 12.3 Å². The van der Waals surface area contributed by atoms with Crippen LogP contribution in [0.1, 0.15) is 0 Å². The molecule has 0 aliphatic carbocycles. The highest BCUT2D eigenvalue weighted by Crippen LogP contribution is 2.13. The average Bonchev–Trinajstić information content (AvgIpc) is 3.01. The number of tetrazole rings is 1. The highest BCUT2D eigenvalue weighted by molar-refractivity contribution is 7.99. The van der Waals surface area contributed by atoms with E-state index in [2.05, 4.69) is 25.4 Å². The van der Waals surface area contributed by atoms with Gasteiger partial charge in [-0.25, -0.2) is 4.68 Å². The second-order valence-corrected chi connectivity index (χ2v) is 4.37. The molecule has 0 aliphatic rings. The maximum Gasteiger partial charge on any atom is 0.327 e. The Labute approximate surface area is 107 Å². The van der Waals surface area contributed by atoms with Gasteiger partial charge in [-0.15, -0.1) is 5.10 Å². The van der Waals surface area contributed by atoms with Crippen molar-refractivity contribution in [1.82, 2.24) is 30.0 Å². The minimum atomic E-state index is -0.378. The monoisotopic (exact) mass is 268 g/mol. The molecule has 9 heteroatoms. The van der Waals surface area contributed by atoms with Crippen LogP contribution in [0.4, 0.5) is 0 Å². The van der Waals surface area contributed by atoms with E-state index in [1.807, 2.05) is 16.9 Å².